The molecular weight excluding hydrogens is 362 g/mol. The first-order chi connectivity index (χ1) is 13.1. The van der Waals surface area contributed by atoms with Crippen LogP contribution in [0.5, 0.6) is 0 Å². The van der Waals surface area contributed by atoms with Gasteiger partial charge < -0.3 is 4.90 Å². The highest BCUT2D eigenvalue weighted by molar-refractivity contribution is 7.89. The summed E-state index contributed by atoms with van der Waals surface area (Å²) in [4.78, 5) is 5.31. The maximum absolute atomic E-state index is 13.0. The van der Waals surface area contributed by atoms with Crippen LogP contribution in [0.4, 0.5) is 5.69 Å². The van der Waals surface area contributed by atoms with Crippen LogP contribution in [0.15, 0.2) is 34.3 Å². The quantitative estimate of drug-likeness (QED) is 0.335. The normalized spacial score (nSPS) is 20.7. The van der Waals surface area contributed by atoms with Crippen molar-refractivity contribution in [3.05, 3.63) is 34.7 Å². The van der Waals surface area contributed by atoms with E-state index in [2.05, 4.69) is 20.8 Å². The summed E-state index contributed by atoms with van der Waals surface area (Å²) < 4.78 is 27.5. The molecule has 0 amide bonds. The number of nitrogens with zero attached hydrogens (tertiary/aromatic N) is 5. The number of azide groups is 1. The molecule has 2 saturated heterocycles. The fourth-order valence-electron chi connectivity index (χ4n) is 4.08. The van der Waals surface area contributed by atoms with Crippen LogP contribution in [0.2, 0.25) is 0 Å². The first kappa shape index (κ1) is 19.7. The van der Waals surface area contributed by atoms with Crippen LogP contribution in [0.25, 0.3) is 10.4 Å². The van der Waals surface area contributed by atoms with Crippen molar-refractivity contribution in [2.24, 2.45) is 11.0 Å². The SMILES string of the molecule is C#CCC1CCN(C2CCN(S(=O)(=O)c3ccccc3N=[N+]=[N-])CC2)CC1. The Labute approximate surface area is 161 Å². The standard InChI is InChI=1S/C19H25N5O2S/c1-2-5-16-8-12-23(13-9-16)17-10-14-24(15-11-17)27(25,26)19-7-4-3-6-18(19)21-22-20/h1,3-4,6-7,16-17H,5,8-15H2. The second-order valence-corrected chi connectivity index (χ2v) is 9.09. The second-order valence-electron chi connectivity index (χ2n) is 7.18. The monoisotopic (exact) mass is 387 g/mol. The summed E-state index contributed by atoms with van der Waals surface area (Å²) >= 11 is 0. The van der Waals surface area contributed by atoms with E-state index in [1.807, 2.05) is 0 Å². The van der Waals surface area contributed by atoms with E-state index in [1.54, 1.807) is 12.1 Å². The fraction of sp³-hybridized carbons (Fsp3) is 0.579. The number of terminal acetylenes is 1. The van der Waals surface area contributed by atoms with E-state index >= 15 is 0 Å². The molecule has 1 aromatic rings. The van der Waals surface area contributed by atoms with E-state index in [0.29, 0.717) is 25.0 Å². The molecule has 0 aliphatic carbocycles. The molecule has 0 spiro atoms. The fourth-order valence-corrected chi connectivity index (χ4v) is 5.68. The summed E-state index contributed by atoms with van der Waals surface area (Å²) in [5, 5.41) is 3.53. The lowest BCUT2D eigenvalue weighted by molar-refractivity contribution is 0.0981. The summed E-state index contributed by atoms with van der Waals surface area (Å²) in [6, 6.07) is 6.77. The number of sulfonamides is 1. The van der Waals surface area contributed by atoms with Gasteiger partial charge in [0.05, 0.1) is 10.6 Å². The smallest absolute Gasteiger partial charge is 0.243 e. The molecule has 0 atom stereocenters. The summed E-state index contributed by atoms with van der Waals surface area (Å²) in [5.41, 5.74) is 8.84. The number of benzene rings is 1. The zero-order valence-electron chi connectivity index (χ0n) is 15.4. The van der Waals surface area contributed by atoms with Crippen LogP contribution in [0.1, 0.15) is 32.1 Å². The minimum atomic E-state index is -3.66. The van der Waals surface area contributed by atoms with Crippen molar-refractivity contribution in [1.29, 1.82) is 0 Å². The Morgan fingerprint density at radius 2 is 1.81 bits per heavy atom. The van der Waals surface area contributed by atoms with Gasteiger partial charge in [-0.1, -0.05) is 23.3 Å². The lowest BCUT2D eigenvalue weighted by Gasteiger charge is -2.41. The molecule has 7 nitrogen and oxygen atoms in total. The average Bonchev–Trinajstić information content (AvgIpc) is 2.69. The number of piperidine rings is 2. The van der Waals surface area contributed by atoms with Crippen molar-refractivity contribution >= 4 is 15.7 Å². The zero-order valence-corrected chi connectivity index (χ0v) is 16.2. The molecule has 144 valence electrons. The van der Waals surface area contributed by atoms with E-state index in [-0.39, 0.29) is 10.6 Å². The molecule has 3 rings (SSSR count). The molecule has 0 radical (unpaired) electrons. The van der Waals surface area contributed by atoms with Gasteiger partial charge in [-0.15, -0.1) is 12.3 Å². The summed E-state index contributed by atoms with van der Waals surface area (Å²) in [6.07, 6.45) is 10.2. The minimum Gasteiger partial charge on any atom is -0.300 e. The van der Waals surface area contributed by atoms with Gasteiger partial charge in [-0.3, -0.25) is 0 Å². The summed E-state index contributed by atoms with van der Waals surface area (Å²) in [7, 11) is -3.66. The van der Waals surface area contributed by atoms with Crippen molar-refractivity contribution < 1.29 is 8.42 Å². The first-order valence-electron chi connectivity index (χ1n) is 9.38. The maximum Gasteiger partial charge on any atom is 0.243 e. The topological polar surface area (TPSA) is 89.4 Å². The number of likely N-dealkylation sites (tertiary alicyclic amines) is 1. The van der Waals surface area contributed by atoms with Gasteiger partial charge >= 0.3 is 0 Å². The highest BCUT2D eigenvalue weighted by Gasteiger charge is 2.33. The Morgan fingerprint density at radius 3 is 2.44 bits per heavy atom. The summed E-state index contributed by atoms with van der Waals surface area (Å²) in [6.45, 7) is 3.07. The van der Waals surface area contributed by atoms with Gasteiger partial charge in [0.2, 0.25) is 10.0 Å². The largest absolute Gasteiger partial charge is 0.300 e. The Bertz CT molecular complexity index is 841. The average molecular weight is 388 g/mol. The molecule has 0 saturated carbocycles. The van der Waals surface area contributed by atoms with E-state index < -0.39 is 10.0 Å². The highest BCUT2D eigenvalue weighted by atomic mass is 32.2. The van der Waals surface area contributed by atoms with E-state index in [1.165, 1.54) is 16.4 Å². The lowest BCUT2D eigenvalue weighted by atomic mass is 9.92. The molecule has 1 aromatic carbocycles. The number of rotatable bonds is 5. The molecule has 8 heteroatoms. The van der Waals surface area contributed by atoms with Crippen LogP contribution in [0.3, 0.4) is 0 Å². The molecule has 2 aliphatic rings. The highest BCUT2D eigenvalue weighted by Crippen LogP contribution is 2.31. The number of hydrogen-bond acceptors (Lipinski definition) is 4. The van der Waals surface area contributed by atoms with Crippen LogP contribution < -0.4 is 0 Å². The van der Waals surface area contributed by atoms with Gasteiger partial charge in [0.25, 0.3) is 0 Å². The molecule has 2 fully saturated rings. The Hall–Kier alpha value is -2.04. The van der Waals surface area contributed by atoms with Crippen molar-refractivity contribution in [3.63, 3.8) is 0 Å². The molecule has 2 aliphatic heterocycles. The molecule has 0 unspecified atom stereocenters. The predicted octanol–water partition coefficient (Wildman–Crippen LogP) is 3.52. The van der Waals surface area contributed by atoms with Crippen molar-refractivity contribution in [2.45, 2.75) is 43.0 Å². The van der Waals surface area contributed by atoms with E-state index in [4.69, 9.17) is 12.0 Å². The molecule has 0 bridgehead atoms. The van der Waals surface area contributed by atoms with Gasteiger partial charge in [-0.25, -0.2) is 8.42 Å². The Kier molecular flexibility index (Phi) is 6.40. The second kappa shape index (κ2) is 8.77. The zero-order chi connectivity index (χ0) is 19.3. The van der Waals surface area contributed by atoms with Crippen LogP contribution >= 0.6 is 0 Å². The van der Waals surface area contributed by atoms with Crippen LogP contribution in [-0.2, 0) is 10.0 Å². The molecule has 27 heavy (non-hydrogen) atoms. The molecular formula is C19H25N5O2S. The maximum atomic E-state index is 13.0. The molecule has 0 N–H and O–H groups in total. The van der Waals surface area contributed by atoms with Crippen LogP contribution in [0, 0.1) is 18.3 Å². The third-order valence-electron chi connectivity index (χ3n) is 5.63. The van der Waals surface area contributed by atoms with E-state index in [9.17, 15) is 8.42 Å². The van der Waals surface area contributed by atoms with Crippen LogP contribution in [-0.4, -0.2) is 49.8 Å². The van der Waals surface area contributed by atoms with Gasteiger partial charge in [0, 0.05) is 30.5 Å². The molecule has 2 heterocycles. The van der Waals surface area contributed by atoms with Crippen molar-refractivity contribution in [1.82, 2.24) is 9.21 Å². The van der Waals surface area contributed by atoms with E-state index in [0.717, 1.165) is 45.2 Å². The van der Waals surface area contributed by atoms with Crippen molar-refractivity contribution in [3.8, 4) is 12.3 Å². The number of hydrogen-bond donors (Lipinski definition) is 0. The summed E-state index contributed by atoms with van der Waals surface area (Å²) in [5.74, 6) is 3.39. The molecule has 0 aromatic heterocycles. The minimum absolute atomic E-state index is 0.0800. The van der Waals surface area contributed by atoms with Gasteiger partial charge in [0.1, 0.15) is 0 Å². The van der Waals surface area contributed by atoms with Gasteiger partial charge in [0.15, 0.2) is 0 Å². The van der Waals surface area contributed by atoms with Gasteiger partial charge in [-0.2, -0.15) is 4.31 Å². The Morgan fingerprint density at radius 1 is 1.15 bits per heavy atom. The third-order valence-corrected chi connectivity index (χ3v) is 7.58. The third kappa shape index (κ3) is 4.45. The van der Waals surface area contributed by atoms with Gasteiger partial charge in [-0.05, 0) is 56.3 Å². The Balaban J connectivity index is 1.62. The first-order valence-corrected chi connectivity index (χ1v) is 10.8. The lowest BCUT2D eigenvalue weighted by Crippen LogP contribution is -2.48. The predicted molar refractivity (Wildman–Crippen MR) is 105 cm³/mol. The van der Waals surface area contributed by atoms with Crippen molar-refractivity contribution in [2.75, 3.05) is 26.2 Å².